The Morgan fingerprint density at radius 2 is 1.96 bits per heavy atom. The molecule has 1 saturated carbocycles. The van der Waals surface area contributed by atoms with Crippen LogP contribution in [0.2, 0.25) is 0 Å². The normalized spacial score (nSPS) is 19.1. The van der Waals surface area contributed by atoms with Crippen LogP contribution in [-0.2, 0) is 5.41 Å². The lowest BCUT2D eigenvalue weighted by atomic mass is 9.96. The van der Waals surface area contributed by atoms with Crippen LogP contribution in [-0.4, -0.2) is 50.6 Å². The average molecular weight is 535 g/mol. The topological polar surface area (TPSA) is 39.7 Å². The summed E-state index contributed by atoms with van der Waals surface area (Å²) in [6, 6.07) is 8.72. The molecule has 26 heavy (non-hydrogen) atoms. The molecule has 1 aromatic carbocycles. The molecule has 1 heterocycles. The molecule has 0 atom stereocenters. The monoisotopic (exact) mass is 534 g/mol. The second-order valence-electron chi connectivity index (χ2n) is 7.40. The molecule has 1 aromatic rings. The minimum absolute atomic E-state index is 0. The van der Waals surface area contributed by atoms with Gasteiger partial charge in [0.25, 0.3) is 0 Å². The van der Waals surface area contributed by atoms with Gasteiger partial charge in [-0.2, -0.15) is 0 Å². The largest absolute Gasteiger partial charge is 0.356 e. The average Bonchev–Trinajstić information content (AvgIpc) is 3.24. The number of guanidine groups is 1. The highest BCUT2D eigenvalue weighted by molar-refractivity contribution is 14.0. The van der Waals surface area contributed by atoms with Crippen LogP contribution in [0, 0.1) is 0 Å². The van der Waals surface area contributed by atoms with E-state index < -0.39 is 0 Å². The van der Waals surface area contributed by atoms with E-state index in [1.54, 1.807) is 0 Å². The zero-order chi connectivity index (χ0) is 17.5. The zero-order valence-electron chi connectivity index (χ0n) is 15.8. The van der Waals surface area contributed by atoms with Crippen LogP contribution in [0.25, 0.3) is 0 Å². The lowest BCUT2D eigenvalue weighted by Crippen LogP contribution is -2.41. The molecule has 4 nitrogen and oxygen atoms in total. The zero-order valence-corrected chi connectivity index (χ0v) is 19.7. The van der Waals surface area contributed by atoms with Crippen molar-refractivity contribution in [1.29, 1.82) is 0 Å². The van der Waals surface area contributed by atoms with Gasteiger partial charge in [-0.05, 0) is 75.9 Å². The molecular formula is C20H32BrIN4. The number of hydrogen-bond donors (Lipinski definition) is 2. The summed E-state index contributed by atoms with van der Waals surface area (Å²) in [5.41, 5.74) is 1.72. The SMILES string of the molecule is CN=C(NCCCCN1CCCC1)NCC1(c2cccc(Br)c2)CC1.I. The van der Waals surface area contributed by atoms with Crippen LogP contribution in [0.3, 0.4) is 0 Å². The van der Waals surface area contributed by atoms with Crippen LogP contribution >= 0.6 is 39.9 Å². The molecule has 2 N–H and O–H groups in total. The second kappa shape index (κ2) is 10.9. The van der Waals surface area contributed by atoms with Crippen molar-refractivity contribution in [2.24, 2.45) is 4.99 Å². The summed E-state index contributed by atoms with van der Waals surface area (Å²) in [6.07, 6.45) is 7.75. The van der Waals surface area contributed by atoms with E-state index in [4.69, 9.17) is 0 Å². The van der Waals surface area contributed by atoms with E-state index in [9.17, 15) is 0 Å². The van der Waals surface area contributed by atoms with E-state index >= 15 is 0 Å². The van der Waals surface area contributed by atoms with E-state index in [0.717, 1.165) is 23.5 Å². The smallest absolute Gasteiger partial charge is 0.191 e. The number of nitrogens with zero attached hydrogens (tertiary/aromatic N) is 2. The third-order valence-corrected chi connectivity index (χ3v) is 5.99. The molecule has 1 aliphatic heterocycles. The standard InChI is InChI=1S/C20H31BrN4.HI/c1-22-19(23-11-2-3-12-25-13-4-5-14-25)24-16-20(9-10-20)17-7-6-8-18(21)15-17;/h6-8,15H,2-5,9-14,16H2,1H3,(H2,22,23,24);1H. The summed E-state index contributed by atoms with van der Waals surface area (Å²) < 4.78 is 1.16. The van der Waals surface area contributed by atoms with Gasteiger partial charge in [-0.1, -0.05) is 28.1 Å². The molecule has 0 amide bonds. The molecule has 3 rings (SSSR count). The number of hydrogen-bond acceptors (Lipinski definition) is 2. The Morgan fingerprint density at radius 1 is 1.19 bits per heavy atom. The van der Waals surface area contributed by atoms with E-state index in [1.807, 2.05) is 7.05 Å². The van der Waals surface area contributed by atoms with Crippen LogP contribution in [0.5, 0.6) is 0 Å². The summed E-state index contributed by atoms with van der Waals surface area (Å²) in [5, 5.41) is 7.00. The Bertz CT molecular complexity index is 583. The first kappa shape index (κ1) is 22.0. The maximum absolute atomic E-state index is 4.38. The first-order valence-electron chi connectivity index (χ1n) is 9.65. The number of likely N-dealkylation sites (tertiary alicyclic amines) is 1. The number of benzene rings is 1. The van der Waals surface area contributed by atoms with E-state index in [0.29, 0.717) is 0 Å². The van der Waals surface area contributed by atoms with Crippen molar-refractivity contribution in [3.05, 3.63) is 34.3 Å². The molecule has 2 fully saturated rings. The van der Waals surface area contributed by atoms with Gasteiger partial charge in [0, 0.05) is 30.0 Å². The molecule has 0 spiro atoms. The fraction of sp³-hybridized carbons (Fsp3) is 0.650. The lowest BCUT2D eigenvalue weighted by molar-refractivity contribution is 0.330. The van der Waals surface area contributed by atoms with Gasteiger partial charge in [-0.15, -0.1) is 24.0 Å². The van der Waals surface area contributed by atoms with Crippen molar-refractivity contribution in [3.8, 4) is 0 Å². The van der Waals surface area contributed by atoms with Crippen molar-refractivity contribution >= 4 is 45.9 Å². The van der Waals surface area contributed by atoms with Crippen molar-refractivity contribution in [1.82, 2.24) is 15.5 Å². The first-order valence-corrected chi connectivity index (χ1v) is 10.4. The number of aliphatic imine (C=N–C) groups is 1. The van der Waals surface area contributed by atoms with Crippen molar-refractivity contribution in [3.63, 3.8) is 0 Å². The Kier molecular flexibility index (Phi) is 9.17. The molecule has 0 bridgehead atoms. The van der Waals surface area contributed by atoms with E-state index in [-0.39, 0.29) is 29.4 Å². The van der Waals surface area contributed by atoms with Crippen LogP contribution in [0.4, 0.5) is 0 Å². The van der Waals surface area contributed by atoms with E-state index in [1.165, 1.54) is 63.7 Å². The highest BCUT2D eigenvalue weighted by Gasteiger charge is 2.44. The van der Waals surface area contributed by atoms with Gasteiger partial charge in [0.05, 0.1) is 0 Å². The quantitative estimate of drug-likeness (QED) is 0.228. The molecule has 0 radical (unpaired) electrons. The summed E-state index contributed by atoms with van der Waals surface area (Å²) in [4.78, 5) is 6.97. The Labute approximate surface area is 183 Å². The number of rotatable bonds is 8. The fourth-order valence-electron chi connectivity index (χ4n) is 3.68. The van der Waals surface area contributed by atoms with Gasteiger partial charge in [0.15, 0.2) is 5.96 Å². The molecule has 0 unspecified atom stereocenters. The van der Waals surface area contributed by atoms with Crippen molar-refractivity contribution < 1.29 is 0 Å². The third kappa shape index (κ3) is 6.37. The molecule has 0 aromatic heterocycles. The van der Waals surface area contributed by atoms with Crippen LogP contribution < -0.4 is 10.6 Å². The number of halogens is 2. The van der Waals surface area contributed by atoms with Gasteiger partial charge in [-0.25, -0.2) is 0 Å². The summed E-state index contributed by atoms with van der Waals surface area (Å²) in [7, 11) is 1.86. The molecule has 146 valence electrons. The number of unbranched alkanes of at least 4 members (excludes halogenated alkanes) is 1. The van der Waals surface area contributed by atoms with E-state index in [2.05, 4.69) is 60.7 Å². The maximum Gasteiger partial charge on any atom is 0.191 e. The highest BCUT2D eigenvalue weighted by atomic mass is 127. The van der Waals surface area contributed by atoms with Gasteiger partial charge in [0.2, 0.25) is 0 Å². The predicted molar refractivity (Wildman–Crippen MR) is 125 cm³/mol. The Morgan fingerprint density at radius 3 is 2.62 bits per heavy atom. The van der Waals surface area contributed by atoms with Crippen molar-refractivity contribution in [2.45, 2.75) is 43.9 Å². The van der Waals surface area contributed by atoms with Gasteiger partial charge in [-0.3, -0.25) is 4.99 Å². The minimum atomic E-state index is 0. The summed E-state index contributed by atoms with van der Waals surface area (Å²) in [5.74, 6) is 0.933. The van der Waals surface area contributed by atoms with Gasteiger partial charge >= 0.3 is 0 Å². The van der Waals surface area contributed by atoms with Crippen LogP contribution in [0.1, 0.15) is 44.1 Å². The minimum Gasteiger partial charge on any atom is -0.356 e. The van der Waals surface area contributed by atoms with Crippen LogP contribution in [0.15, 0.2) is 33.7 Å². The Hall–Kier alpha value is -0.340. The molecule has 2 aliphatic rings. The molecular weight excluding hydrogens is 503 g/mol. The molecule has 6 heteroatoms. The third-order valence-electron chi connectivity index (χ3n) is 5.50. The lowest BCUT2D eigenvalue weighted by Gasteiger charge is -2.19. The summed E-state index contributed by atoms with van der Waals surface area (Å²) in [6.45, 7) is 5.80. The fourth-order valence-corrected chi connectivity index (χ4v) is 4.08. The number of nitrogens with one attached hydrogen (secondary N) is 2. The maximum atomic E-state index is 4.38. The van der Waals surface area contributed by atoms with Crippen molar-refractivity contribution in [2.75, 3.05) is 39.8 Å². The van der Waals surface area contributed by atoms with Gasteiger partial charge in [0.1, 0.15) is 0 Å². The first-order chi connectivity index (χ1) is 12.2. The summed E-state index contributed by atoms with van der Waals surface area (Å²) >= 11 is 3.59. The Balaban J connectivity index is 0.00000243. The van der Waals surface area contributed by atoms with Gasteiger partial charge < -0.3 is 15.5 Å². The molecule has 1 aliphatic carbocycles. The molecule has 1 saturated heterocycles. The predicted octanol–water partition coefficient (Wildman–Crippen LogP) is 4.14. The second-order valence-corrected chi connectivity index (χ2v) is 8.31. The highest BCUT2D eigenvalue weighted by Crippen LogP contribution is 2.48.